The lowest BCUT2D eigenvalue weighted by Crippen LogP contribution is -1.78. The maximum absolute atomic E-state index is 4.27. The molecule has 0 N–H and O–H groups in total. The molecule has 0 atom stereocenters. The van der Waals surface area contributed by atoms with Gasteiger partial charge in [0.05, 0.1) is 11.0 Å². The first kappa shape index (κ1) is 21.3. The lowest BCUT2D eigenvalue weighted by atomic mass is 10.2. The van der Waals surface area contributed by atoms with Crippen LogP contribution in [0.15, 0.2) is 73.1 Å². The topological polar surface area (TPSA) is 25.8 Å². The standard InChI is InChI=1S/2C9H6IN.2ClH/c2*10-8-5-7-3-1-2-4-9(7)11-6-8;;/h2*1-6H;2*1H. The van der Waals surface area contributed by atoms with Crippen LogP contribution in [0.4, 0.5) is 0 Å². The van der Waals surface area contributed by atoms with Crippen LogP contribution < -0.4 is 0 Å². The van der Waals surface area contributed by atoms with Crippen molar-refractivity contribution < 1.29 is 0 Å². The van der Waals surface area contributed by atoms with E-state index in [0.717, 1.165) is 11.0 Å². The van der Waals surface area contributed by atoms with Crippen molar-refractivity contribution in [2.75, 3.05) is 0 Å². The number of rotatable bonds is 0. The minimum absolute atomic E-state index is 0. The molecule has 0 aliphatic rings. The molecule has 2 aromatic heterocycles. The van der Waals surface area contributed by atoms with Crippen LogP contribution in [-0.2, 0) is 0 Å². The number of hydrogen-bond donors (Lipinski definition) is 0. The van der Waals surface area contributed by atoms with Crippen molar-refractivity contribution in [1.29, 1.82) is 0 Å². The Bertz CT molecular complexity index is 855. The van der Waals surface area contributed by atoms with Gasteiger partial charge in [-0.05, 0) is 69.4 Å². The Morgan fingerprint density at radius 2 is 0.958 bits per heavy atom. The van der Waals surface area contributed by atoms with E-state index in [4.69, 9.17) is 0 Å². The molecule has 0 radical (unpaired) electrons. The summed E-state index contributed by atoms with van der Waals surface area (Å²) in [6, 6.07) is 20.5. The quantitative estimate of drug-likeness (QED) is 0.221. The molecule has 124 valence electrons. The van der Waals surface area contributed by atoms with E-state index in [1.807, 2.05) is 48.8 Å². The number of hydrogen-bond acceptors (Lipinski definition) is 2. The van der Waals surface area contributed by atoms with Crippen LogP contribution in [0.1, 0.15) is 0 Å². The van der Waals surface area contributed by atoms with Gasteiger partial charge in [-0.1, -0.05) is 36.4 Å². The average molecular weight is 583 g/mol. The van der Waals surface area contributed by atoms with E-state index in [-0.39, 0.29) is 24.8 Å². The molecule has 0 saturated carbocycles. The fraction of sp³-hybridized carbons (Fsp3) is 0. The van der Waals surface area contributed by atoms with Crippen LogP contribution >= 0.6 is 70.0 Å². The average Bonchev–Trinajstić information content (AvgIpc) is 2.55. The Hall–Kier alpha value is -0.700. The zero-order valence-corrected chi connectivity index (χ0v) is 18.3. The normalized spacial score (nSPS) is 9.42. The molecule has 0 aliphatic carbocycles. The molecule has 0 bridgehead atoms. The number of nitrogens with zero attached hydrogens (tertiary/aromatic N) is 2. The van der Waals surface area contributed by atoms with E-state index in [9.17, 15) is 0 Å². The van der Waals surface area contributed by atoms with Gasteiger partial charge in [-0.15, -0.1) is 24.8 Å². The summed E-state index contributed by atoms with van der Waals surface area (Å²) in [4.78, 5) is 8.55. The van der Waals surface area contributed by atoms with Crippen LogP contribution in [-0.4, -0.2) is 9.97 Å². The molecule has 0 spiro atoms. The summed E-state index contributed by atoms with van der Waals surface area (Å²) in [6.07, 6.45) is 3.76. The highest BCUT2D eigenvalue weighted by Crippen LogP contribution is 2.14. The van der Waals surface area contributed by atoms with Crippen LogP contribution in [0.25, 0.3) is 21.8 Å². The molecule has 0 fully saturated rings. The minimum Gasteiger partial charge on any atom is -0.255 e. The second kappa shape index (κ2) is 10.3. The molecule has 0 saturated heterocycles. The molecule has 4 rings (SSSR count). The van der Waals surface area contributed by atoms with Crippen molar-refractivity contribution in [2.24, 2.45) is 0 Å². The second-order valence-corrected chi connectivity index (χ2v) is 7.18. The van der Waals surface area contributed by atoms with Crippen LogP contribution in [0, 0.1) is 7.14 Å². The minimum atomic E-state index is 0. The Morgan fingerprint density at radius 1 is 0.583 bits per heavy atom. The number of para-hydroxylation sites is 2. The fourth-order valence-corrected chi connectivity index (χ4v) is 3.04. The molecule has 0 unspecified atom stereocenters. The second-order valence-electron chi connectivity index (χ2n) is 4.69. The van der Waals surface area contributed by atoms with E-state index in [1.165, 1.54) is 17.9 Å². The Morgan fingerprint density at radius 3 is 1.38 bits per heavy atom. The van der Waals surface area contributed by atoms with Crippen LogP contribution in [0.5, 0.6) is 0 Å². The monoisotopic (exact) mass is 582 g/mol. The number of benzene rings is 2. The van der Waals surface area contributed by atoms with Gasteiger partial charge in [0.2, 0.25) is 0 Å². The molecule has 2 nitrogen and oxygen atoms in total. The van der Waals surface area contributed by atoms with E-state index < -0.39 is 0 Å². The molecule has 0 aliphatic heterocycles. The Balaban J connectivity index is 0.000000222. The first-order chi connectivity index (χ1) is 10.7. The van der Waals surface area contributed by atoms with Gasteiger partial charge < -0.3 is 0 Å². The summed E-state index contributed by atoms with van der Waals surface area (Å²) < 4.78 is 2.36. The van der Waals surface area contributed by atoms with Crippen molar-refractivity contribution in [2.45, 2.75) is 0 Å². The summed E-state index contributed by atoms with van der Waals surface area (Å²) in [5.41, 5.74) is 2.13. The summed E-state index contributed by atoms with van der Waals surface area (Å²) in [6.45, 7) is 0. The van der Waals surface area contributed by atoms with Gasteiger partial charge in [0.25, 0.3) is 0 Å². The van der Waals surface area contributed by atoms with Crippen molar-refractivity contribution >= 4 is 91.8 Å². The smallest absolute Gasteiger partial charge is 0.0702 e. The lowest BCUT2D eigenvalue weighted by molar-refractivity contribution is 1.39. The van der Waals surface area contributed by atoms with Crippen LogP contribution in [0.3, 0.4) is 0 Å². The number of fused-ring (bicyclic) bond motifs is 2. The lowest BCUT2D eigenvalue weighted by Gasteiger charge is -1.94. The van der Waals surface area contributed by atoms with Gasteiger partial charge in [0.15, 0.2) is 0 Å². The van der Waals surface area contributed by atoms with Gasteiger partial charge in [0.1, 0.15) is 0 Å². The van der Waals surface area contributed by atoms with Gasteiger partial charge >= 0.3 is 0 Å². The molecule has 4 aromatic rings. The summed E-state index contributed by atoms with van der Waals surface area (Å²) in [7, 11) is 0. The van der Waals surface area contributed by atoms with E-state index in [1.54, 1.807) is 0 Å². The molecular formula is C18H14Cl2I2N2. The Kier molecular flexibility index (Phi) is 9.18. The summed E-state index contributed by atoms with van der Waals surface area (Å²) in [5, 5.41) is 2.42. The van der Waals surface area contributed by atoms with Crippen LogP contribution in [0.2, 0.25) is 0 Å². The van der Waals surface area contributed by atoms with E-state index >= 15 is 0 Å². The number of aromatic nitrogens is 2. The fourth-order valence-electron chi connectivity index (χ4n) is 2.09. The number of halogens is 4. The number of pyridine rings is 2. The molecule has 2 heterocycles. The molecule has 24 heavy (non-hydrogen) atoms. The summed E-state index contributed by atoms with van der Waals surface area (Å²) in [5.74, 6) is 0. The van der Waals surface area contributed by atoms with Crippen molar-refractivity contribution in [3.8, 4) is 0 Å². The maximum atomic E-state index is 4.27. The highest BCUT2D eigenvalue weighted by Gasteiger charge is 1.92. The largest absolute Gasteiger partial charge is 0.255 e. The first-order valence-corrected chi connectivity index (χ1v) is 8.89. The van der Waals surface area contributed by atoms with Gasteiger partial charge in [0, 0.05) is 30.3 Å². The van der Waals surface area contributed by atoms with Gasteiger partial charge in [-0.2, -0.15) is 0 Å². The van der Waals surface area contributed by atoms with Crippen molar-refractivity contribution in [3.63, 3.8) is 0 Å². The van der Waals surface area contributed by atoms with E-state index in [2.05, 4.69) is 79.4 Å². The van der Waals surface area contributed by atoms with Crippen molar-refractivity contribution in [3.05, 3.63) is 80.2 Å². The highest BCUT2D eigenvalue weighted by atomic mass is 127. The zero-order chi connectivity index (χ0) is 15.4. The first-order valence-electron chi connectivity index (χ1n) is 6.73. The predicted molar refractivity (Wildman–Crippen MR) is 123 cm³/mol. The third-order valence-electron chi connectivity index (χ3n) is 3.11. The SMILES string of the molecule is Cl.Cl.Ic1cnc2ccccc2c1.Ic1cnc2ccccc2c1. The molecule has 0 amide bonds. The zero-order valence-electron chi connectivity index (χ0n) is 12.4. The maximum Gasteiger partial charge on any atom is 0.0702 e. The molecular weight excluding hydrogens is 569 g/mol. The molecule has 6 heteroatoms. The molecule has 2 aromatic carbocycles. The predicted octanol–water partition coefficient (Wildman–Crippen LogP) is 6.52. The third kappa shape index (κ3) is 5.68. The highest BCUT2D eigenvalue weighted by molar-refractivity contribution is 14.1. The van der Waals surface area contributed by atoms with Crippen molar-refractivity contribution in [1.82, 2.24) is 9.97 Å². The Labute approximate surface area is 180 Å². The third-order valence-corrected chi connectivity index (χ3v) is 4.29. The van der Waals surface area contributed by atoms with Gasteiger partial charge in [-0.25, -0.2) is 0 Å². The van der Waals surface area contributed by atoms with Gasteiger partial charge in [-0.3, -0.25) is 9.97 Å². The summed E-state index contributed by atoms with van der Waals surface area (Å²) >= 11 is 4.53. The van der Waals surface area contributed by atoms with E-state index in [0.29, 0.717) is 0 Å².